The maximum absolute atomic E-state index is 9.40. The van der Waals surface area contributed by atoms with Crippen molar-refractivity contribution in [1.29, 1.82) is 0 Å². The lowest BCUT2D eigenvalue weighted by molar-refractivity contribution is 0.280. The molecule has 1 aromatic heterocycles. The fourth-order valence-electron chi connectivity index (χ4n) is 2.36. The first-order valence-corrected chi connectivity index (χ1v) is 6.74. The summed E-state index contributed by atoms with van der Waals surface area (Å²) in [6.07, 6.45) is 4.15. The average molecular weight is 258 g/mol. The molecule has 1 aromatic carbocycles. The Morgan fingerprint density at radius 3 is 2.63 bits per heavy atom. The second kappa shape index (κ2) is 5.05. The number of rotatable bonds is 5. The second-order valence-electron chi connectivity index (χ2n) is 4.83. The molecular weight excluding hydrogens is 240 g/mol. The zero-order valence-corrected chi connectivity index (χ0v) is 11.0. The van der Waals surface area contributed by atoms with Gasteiger partial charge in [0.15, 0.2) is 0 Å². The summed E-state index contributed by atoms with van der Waals surface area (Å²) in [6.45, 7) is 2.70. The smallest absolute Gasteiger partial charge is 0.119 e. The van der Waals surface area contributed by atoms with Crippen LogP contribution >= 0.6 is 0 Å². The van der Waals surface area contributed by atoms with E-state index in [2.05, 4.69) is 5.10 Å². The van der Waals surface area contributed by atoms with Crippen LogP contribution in [0.1, 0.15) is 36.9 Å². The lowest BCUT2D eigenvalue weighted by Gasteiger charge is -2.09. The van der Waals surface area contributed by atoms with E-state index in [-0.39, 0.29) is 6.61 Å². The van der Waals surface area contributed by atoms with Crippen molar-refractivity contribution in [2.45, 2.75) is 32.3 Å². The summed E-state index contributed by atoms with van der Waals surface area (Å²) in [5.41, 5.74) is 3.12. The van der Waals surface area contributed by atoms with E-state index in [1.807, 2.05) is 35.9 Å². The number of aromatic nitrogens is 2. The van der Waals surface area contributed by atoms with Gasteiger partial charge in [-0.1, -0.05) is 0 Å². The Bertz CT molecular complexity index is 556. The highest BCUT2D eigenvalue weighted by Gasteiger charge is 2.30. The molecule has 0 radical (unpaired) electrons. The number of benzene rings is 1. The fourth-order valence-corrected chi connectivity index (χ4v) is 2.36. The lowest BCUT2D eigenvalue weighted by atomic mass is 10.2. The molecule has 19 heavy (non-hydrogen) atoms. The van der Waals surface area contributed by atoms with Crippen molar-refractivity contribution in [3.05, 3.63) is 41.7 Å². The van der Waals surface area contributed by atoms with Gasteiger partial charge in [-0.05, 0) is 44.0 Å². The van der Waals surface area contributed by atoms with E-state index in [9.17, 15) is 5.11 Å². The molecule has 0 amide bonds. The molecule has 1 saturated carbocycles. The first kappa shape index (κ1) is 12.2. The van der Waals surface area contributed by atoms with Crippen LogP contribution in [0.2, 0.25) is 0 Å². The van der Waals surface area contributed by atoms with E-state index in [0.717, 1.165) is 22.7 Å². The number of hydrogen-bond acceptors (Lipinski definition) is 3. The summed E-state index contributed by atoms with van der Waals surface area (Å²) < 4.78 is 7.39. The van der Waals surface area contributed by atoms with Crippen LogP contribution in [0.25, 0.3) is 5.69 Å². The van der Waals surface area contributed by atoms with Crippen LogP contribution in [0, 0.1) is 0 Å². The minimum absolute atomic E-state index is 0.0584. The van der Waals surface area contributed by atoms with Crippen LogP contribution in [0.4, 0.5) is 0 Å². The van der Waals surface area contributed by atoms with Crippen molar-refractivity contribution >= 4 is 0 Å². The van der Waals surface area contributed by atoms with Gasteiger partial charge in [0.05, 0.1) is 30.8 Å². The lowest BCUT2D eigenvalue weighted by Crippen LogP contribution is -2.03. The summed E-state index contributed by atoms with van der Waals surface area (Å²) in [4.78, 5) is 0. The van der Waals surface area contributed by atoms with E-state index >= 15 is 0 Å². The van der Waals surface area contributed by atoms with Gasteiger partial charge in [-0.15, -0.1) is 0 Å². The van der Waals surface area contributed by atoms with E-state index in [0.29, 0.717) is 12.5 Å². The molecule has 1 heterocycles. The molecule has 0 atom stereocenters. The van der Waals surface area contributed by atoms with E-state index < -0.39 is 0 Å². The van der Waals surface area contributed by atoms with Crippen LogP contribution in [0.3, 0.4) is 0 Å². The summed E-state index contributed by atoms with van der Waals surface area (Å²) >= 11 is 0. The normalized spacial score (nSPS) is 14.6. The highest BCUT2D eigenvalue weighted by atomic mass is 16.5. The number of aliphatic hydroxyl groups excluding tert-OH is 1. The molecule has 0 bridgehead atoms. The third kappa shape index (κ3) is 2.36. The van der Waals surface area contributed by atoms with Gasteiger partial charge < -0.3 is 9.84 Å². The highest BCUT2D eigenvalue weighted by molar-refractivity contribution is 5.41. The molecule has 4 heteroatoms. The van der Waals surface area contributed by atoms with Crippen LogP contribution in [-0.4, -0.2) is 21.5 Å². The Morgan fingerprint density at radius 1 is 1.32 bits per heavy atom. The molecule has 0 spiro atoms. The predicted octanol–water partition coefficient (Wildman–Crippen LogP) is 2.64. The van der Waals surface area contributed by atoms with Gasteiger partial charge in [-0.25, -0.2) is 4.68 Å². The molecule has 1 aliphatic rings. The molecule has 3 rings (SSSR count). The van der Waals surface area contributed by atoms with Gasteiger partial charge in [0.25, 0.3) is 0 Å². The van der Waals surface area contributed by atoms with Crippen molar-refractivity contribution in [1.82, 2.24) is 9.78 Å². The molecule has 4 nitrogen and oxygen atoms in total. The number of nitrogens with zero attached hydrogens (tertiary/aromatic N) is 2. The van der Waals surface area contributed by atoms with E-state index in [1.54, 1.807) is 6.20 Å². The first-order valence-electron chi connectivity index (χ1n) is 6.74. The van der Waals surface area contributed by atoms with Crippen LogP contribution in [0.15, 0.2) is 30.5 Å². The number of aliphatic hydroxyl groups is 1. The Labute approximate surface area is 112 Å². The Hall–Kier alpha value is -1.81. The van der Waals surface area contributed by atoms with Crippen LogP contribution < -0.4 is 4.74 Å². The Morgan fingerprint density at radius 2 is 2.05 bits per heavy atom. The molecule has 100 valence electrons. The van der Waals surface area contributed by atoms with E-state index in [1.165, 1.54) is 12.8 Å². The highest BCUT2D eigenvalue weighted by Crippen LogP contribution is 2.42. The third-order valence-corrected chi connectivity index (χ3v) is 3.41. The zero-order valence-electron chi connectivity index (χ0n) is 11.0. The van der Waals surface area contributed by atoms with Crippen LogP contribution in [-0.2, 0) is 6.61 Å². The summed E-state index contributed by atoms with van der Waals surface area (Å²) in [5, 5.41) is 13.8. The summed E-state index contributed by atoms with van der Waals surface area (Å²) in [7, 11) is 0. The largest absolute Gasteiger partial charge is 0.494 e. The van der Waals surface area contributed by atoms with Gasteiger partial charge >= 0.3 is 0 Å². The fraction of sp³-hybridized carbons (Fsp3) is 0.400. The number of ether oxygens (including phenoxy) is 1. The van der Waals surface area contributed by atoms with Crippen molar-refractivity contribution in [3.63, 3.8) is 0 Å². The van der Waals surface area contributed by atoms with Gasteiger partial charge in [-0.3, -0.25) is 0 Å². The van der Waals surface area contributed by atoms with Gasteiger partial charge in [0, 0.05) is 11.5 Å². The molecule has 0 aliphatic heterocycles. The molecule has 1 fully saturated rings. The standard InChI is InChI=1S/C15H18N2O2/c1-2-19-14-7-5-13(6-8-14)17-15(11-3-4-11)12(10-18)9-16-17/h5-9,11,18H,2-4,10H2,1H3. The van der Waals surface area contributed by atoms with Crippen molar-refractivity contribution in [2.24, 2.45) is 0 Å². The molecular formula is C15H18N2O2. The van der Waals surface area contributed by atoms with Crippen molar-refractivity contribution in [3.8, 4) is 11.4 Å². The molecule has 1 N–H and O–H groups in total. The average Bonchev–Trinajstić information content (AvgIpc) is 3.19. The molecule has 2 aromatic rings. The minimum atomic E-state index is 0.0584. The summed E-state index contributed by atoms with van der Waals surface area (Å²) in [6, 6.07) is 7.92. The topological polar surface area (TPSA) is 47.3 Å². The zero-order chi connectivity index (χ0) is 13.2. The van der Waals surface area contributed by atoms with Gasteiger partial charge in [-0.2, -0.15) is 5.10 Å². The summed E-state index contributed by atoms with van der Waals surface area (Å²) in [5.74, 6) is 1.42. The number of hydrogen-bond donors (Lipinski definition) is 1. The Balaban J connectivity index is 1.95. The maximum atomic E-state index is 9.40. The second-order valence-corrected chi connectivity index (χ2v) is 4.83. The first-order chi connectivity index (χ1) is 9.33. The van der Waals surface area contributed by atoms with Crippen molar-refractivity contribution in [2.75, 3.05) is 6.61 Å². The molecule has 0 saturated heterocycles. The SMILES string of the molecule is CCOc1ccc(-n2ncc(CO)c2C2CC2)cc1. The predicted molar refractivity (Wildman–Crippen MR) is 72.6 cm³/mol. The molecule has 1 aliphatic carbocycles. The quantitative estimate of drug-likeness (QED) is 0.896. The minimum Gasteiger partial charge on any atom is -0.494 e. The monoisotopic (exact) mass is 258 g/mol. The molecule has 0 unspecified atom stereocenters. The van der Waals surface area contributed by atoms with E-state index in [4.69, 9.17) is 4.74 Å². The third-order valence-electron chi connectivity index (χ3n) is 3.41. The van der Waals surface area contributed by atoms with Crippen molar-refractivity contribution < 1.29 is 9.84 Å². The van der Waals surface area contributed by atoms with Gasteiger partial charge in [0.2, 0.25) is 0 Å². The Kier molecular flexibility index (Phi) is 3.25. The van der Waals surface area contributed by atoms with Crippen LogP contribution in [0.5, 0.6) is 5.75 Å². The van der Waals surface area contributed by atoms with Gasteiger partial charge in [0.1, 0.15) is 5.75 Å². The maximum Gasteiger partial charge on any atom is 0.119 e.